The first-order chi connectivity index (χ1) is 15.3. The lowest BCUT2D eigenvalue weighted by Gasteiger charge is -2.13. The topological polar surface area (TPSA) is 55.9 Å². The number of thioether (sulfide) groups is 1. The van der Waals surface area contributed by atoms with E-state index >= 15 is 0 Å². The molecule has 4 heterocycles. The van der Waals surface area contributed by atoms with Crippen LogP contribution in [-0.4, -0.2) is 14.7 Å². The van der Waals surface area contributed by atoms with Crippen LogP contribution in [0.4, 0.5) is 0 Å². The molecule has 0 N–H and O–H groups in total. The summed E-state index contributed by atoms with van der Waals surface area (Å²) in [5, 5.41) is 2.09. The van der Waals surface area contributed by atoms with Crippen LogP contribution in [0, 0.1) is 0 Å². The van der Waals surface area contributed by atoms with Crippen LogP contribution in [0.2, 0.25) is 0 Å². The summed E-state index contributed by atoms with van der Waals surface area (Å²) in [5.74, 6) is 2.25. The maximum Gasteiger partial charge on any atom is 0.204 e. The zero-order chi connectivity index (χ0) is 20.8. The molecule has 0 radical (unpaired) electrons. The number of allylic oxidation sites excluding steroid dienone is 2. The number of nitrogens with zero attached hydrogens (tertiary/aromatic N) is 3. The summed E-state index contributed by atoms with van der Waals surface area (Å²) in [4.78, 5) is 4.54. The fraction of sp³-hybridized carbons (Fsp3) is 0.167. The van der Waals surface area contributed by atoms with Crippen LogP contribution in [0.1, 0.15) is 46.9 Å². The highest BCUT2D eigenvalue weighted by Gasteiger charge is 2.26. The summed E-state index contributed by atoms with van der Waals surface area (Å²) in [6, 6.07) is 7.74. The predicted molar refractivity (Wildman–Crippen MR) is 129 cm³/mol. The van der Waals surface area contributed by atoms with Gasteiger partial charge in [-0.15, -0.1) is 0 Å². The van der Waals surface area contributed by atoms with Gasteiger partial charge in [-0.1, -0.05) is 30.9 Å². The van der Waals surface area contributed by atoms with E-state index in [1.54, 1.807) is 6.26 Å². The van der Waals surface area contributed by atoms with Gasteiger partial charge >= 0.3 is 0 Å². The van der Waals surface area contributed by atoms with Crippen LogP contribution in [0.25, 0.3) is 18.0 Å². The van der Waals surface area contributed by atoms with Gasteiger partial charge in [0.2, 0.25) is 5.88 Å². The Morgan fingerprint density at radius 1 is 0.935 bits per heavy atom. The van der Waals surface area contributed by atoms with Gasteiger partial charge in [-0.25, -0.2) is 4.99 Å². The highest BCUT2D eigenvalue weighted by molar-refractivity contribution is 8.20. The van der Waals surface area contributed by atoms with Crippen molar-refractivity contribution in [3.63, 3.8) is 0 Å². The Hall–Kier alpha value is -2.90. The maximum atomic E-state index is 6.36. The summed E-state index contributed by atoms with van der Waals surface area (Å²) >= 11 is 2.69. The number of hydrogen-bond acceptors (Lipinski definition) is 6. The Kier molecular flexibility index (Phi) is 4.65. The fourth-order valence-electron chi connectivity index (χ4n) is 4.22. The third-order valence-electron chi connectivity index (χ3n) is 5.53. The Labute approximate surface area is 188 Å². The van der Waals surface area contributed by atoms with Gasteiger partial charge in [0, 0.05) is 40.5 Å². The van der Waals surface area contributed by atoms with Crippen LogP contribution in [0.15, 0.2) is 72.5 Å². The summed E-state index contributed by atoms with van der Waals surface area (Å²) in [6.45, 7) is 4.06. The first kappa shape index (κ1) is 18.8. The molecule has 5 nitrogen and oxygen atoms in total. The SMILES string of the molecule is C=C1N=C(c2ccco2)SN=C(c2ccc(-n3c4c(c5c3CCC=C5)C=CCC4)o2)S1. The van der Waals surface area contributed by atoms with E-state index in [0.29, 0.717) is 15.8 Å². The molecule has 0 aromatic carbocycles. The number of rotatable bonds is 3. The Morgan fingerprint density at radius 3 is 2.42 bits per heavy atom. The summed E-state index contributed by atoms with van der Waals surface area (Å²) in [7, 11) is 0. The molecule has 1 aliphatic heterocycles. The second-order valence-electron chi connectivity index (χ2n) is 7.45. The first-order valence-corrected chi connectivity index (χ1v) is 11.8. The van der Waals surface area contributed by atoms with Crippen molar-refractivity contribution in [3.8, 4) is 5.88 Å². The number of fused-ring (bicyclic) bond motifs is 3. The minimum absolute atomic E-state index is 0.652. The van der Waals surface area contributed by atoms with E-state index in [2.05, 4.69) is 44.8 Å². The zero-order valence-electron chi connectivity index (χ0n) is 16.7. The van der Waals surface area contributed by atoms with Gasteiger partial charge in [0.1, 0.15) is 0 Å². The Balaban J connectivity index is 1.37. The lowest BCUT2D eigenvalue weighted by atomic mass is 9.97. The van der Waals surface area contributed by atoms with E-state index < -0.39 is 0 Å². The second kappa shape index (κ2) is 7.66. The van der Waals surface area contributed by atoms with Crippen molar-refractivity contribution in [2.75, 3.05) is 0 Å². The van der Waals surface area contributed by atoms with Crippen molar-refractivity contribution in [2.45, 2.75) is 25.7 Å². The summed E-state index contributed by atoms with van der Waals surface area (Å²) in [6.07, 6.45) is 14.8. The standard InChI is InChI=1S/C24H19N3O2S2/c1-15-25-23(20-11-6-14-28-20)31-26-24(30-15)21-12-13-22(29-21)27-18-9-4-2-7-16(18)17-8-3-5-10-19(17)27/h2-3,6-8,11-14H,1,4-5,9-10H2. The average Bonchev–Trinajstić information content (AvgIpc) is 3.52. The second-order valence-corrected chi connectivity index (χ2v) is 9.27. The van der Waals surface area contributed by atoms with Gasteiger partial charge in [-0.05, 0) is 55.6 Å². The number of furan rings is 2. The quantitative estimate of drug-likeness (QED) is 0.424. The normalized spacial score (nSPS) is 17.7. The van der Waals surface area contributed by atoms with E-state index in [0.717, 1.165) is 42.4 Å². The Bertz CT molecular complexity index is 1260. The molecule has 0 atom stereocenters. The molecule has 7 heteroatoms. The molecule has 6 rings (SSSR count). The smallest absolute Gasteiger partial charge is 0.204 e. The monoisotopic (exact) mass is 445 g/mol. The van der Waals surface area contributed by atoms with E-state index in [4.69, 9.17) is 8.83 Å². The molecule has 154 valence electrons. The van der Waals surface area contributed by atoms with E-state index in [9.17, 15) is 0 Å². The van der Waals surface area contributed by atoms with Crippen molar-refractivity contribution in [1.29, 1.82) is 0 Å². The molecule has 31 heavy (non-hydrogen) atoms. The molecule has 0 bridgehead atoms. The van der Waals surface area contributed by atoms with Gasteiger partial charge in [0.05, 0.1) is 11.3 Å². The van der Waals surface area contributed by atoms with Gasteiger partial charge in [0.25, 0.3) is 0 Å². The maximum absolute atomic E-state index is 6.36. The molecular formula is C24H19N3O2S2. The molecule has 0 unspecified atom stereocenters. The minimum atomic E-state index is 0.652. The number of aromatic nitrogens is 1. The van der Waals surface area contributed by atoms with Gasteiger partial charge in [0.15, 0.2) is 21.6 Å². The third kappa shape index (κ3) is 3.28. The molecule has 0 amide bonds. The predicted octanol–water partition coefficient (Wildman–Crippen LogP) is 6.64. The molecule has 3 aliphatic rings. The lowest BCUT2D eigenvalue weighted by Crippen LogP contribution is -2.06. The summed E-state index contributed by atoms with van der Waals surface area (Å²) < 4.78 is 18.8. The van der Waals surface area contributed by atoms with Gasteiger partial charge < -0.3 is 8.83 Å². The molecule has 3 aromatic heterocycles. The van der Waals surface area contributed by atoms with Crippen LogP contribution < -0.4 is 0 Å². The number of hydrogen-bond donors (Lipinski definition) is 0. The zero-order valence-corrected chi connectivity index (χ0v) is 18.3. The molecule has 2 aliphatic carbocycles. The molecule has 0 saturated heterocycles. The van der Waals surface area contributed by atoms with Crippen molar-refractivity contribution in [2.24, 2.45) is 9.39 Å². The molecule has 0 saturated carbocycles. The molecule has 0 spiro atoms. The van der Waals surface area contributed by atoms with Crippen molar-refractivity contribution < 1.29 is 8.83 Å². The van der Waals surface area contributed by atoms with Crippen molar-refractivity contribution in [1.82, 2.24) is 4.57 Å². The molecular weight excluding hydrogens is 426 g/mol. The van der Waals surface area contributed by atoms with Gasteiger partial charge in [-0.3, -0.25) is 4.57 Å². The summed E-state index contributed by atoms with van der Waals surface area (Å²) in [5.41, 5.74) is 5.32. The first-order valence-electron chi connectivity index (χ1n) is 10.2. The van der Waals surface area contributed by atoms with E-state index in [-0.39, 0.29) is 0 Å². The van der Waals surface area contributed by atoms with Crippen LogP contribution in [0.3, 0.4) is 0 Å². The molecule has 3 aromatic rings. The van der Waals surface area contributed by atoms with E-state index in [1.807, 2.05) is 24.3 Å². The highest BCUT2D eigenvalue weighted by atomic mass is 32.2. The average molecular weight is 446 g/mol. The molecule has 0 fully saturated rings. The van der Waals surface area contributed by atoms with Crippen LogP contribution >= 0.6 is 23.7 Å². The lowest BCUT2D eigenvalue weighted by molar-refractivity contribution is 0.521. The number of aliphatic imine (C=N–C) groups is 1. The highest BCUT2D eigenvalue weighted by Crippen LogP contribution is 2.37. The van der Waals surface area contributed by atoms with Crippen molar-refractivity contribution in [3.05, 3.63) is 88.3 Å². The Morgan fingerprint density at radius 2 is 1.71 bits per heavy atom. The third-order valence-corrected chi connectivity index (χ3v) is 7.19. The van der Waals surface area contributed by atoms with Crippen molar-refractivity contribution >= 4 is 45.9 Å². The van der Waals surface area contributed by atoms with Gasteiger partial charge in [-0.2, -0.15) is 4.40 Å². The van der Waals surface area contributed by atoms with E-state index in [1.165, 1.54) is 46.2 Å². The van der Waals surface area contributed by atoms with Crippen LogP contribution in [-0.2, 0) is 12.8 Å². The minimum Gasteiger partial charge on any atom is -0.462 e. The fourth-order valence-corrected chi connectivity index (χ4v) is 5.72. The largest absolute Gasteiger partial charge is 0.462 e. The van der Waals surface area contributed by atoms with Crippen LogP contribution in [0.5, 0.6) is 0 Å².